The summed E-state index contributed by atoms with van der Waals surface area (Å²) in [5.41, 5.74) is 0. The minimum atomic E-state index is 1.66. The standard InChI is InChI=1S/C4H4INS/c5-7-6-3-1-2-4-6/h1-4H. The lowest BCUT2D eigenvalue weighted by Crippen LogP contribution is -1.68. The Morgan fingerprint density at radius 2 is 1.86 bits per heavy atom. The quantitative estimate of drug-likeness (QED) is 0.664. The van der Waals surface area contributed by atoms with Gasteiger partial charge in [-0.05, 0) is 12.1 Å². The monoisotopic (exact) mass is 225 g/mol. The summed E-state index contributed by atoms with van der Waals surface area (Å²) in [5.74, 6) is 0. The van der Waals surface area contributed by atoms with Crippen LogP contribution in [0.5, 0.6) is 0 Å². The average molecular weight is 225 g/mol. The van der Waals surface area contributed by atoms with E-state index in [0.717, 1.165) is 0 Å². The smallest absolute Gasteiger partial charge is 0.0290 e. The van der Waals surface area contributed by atoms with E-state index < -0.39 is 0 Å². The molecular weight excluding hydrogens is 221 g/mol. The van der Waals surface area contributed by atoms with Crippen molar-refractivity contribution in [2.75, 3.05) is 0 Å². The molecule has 0 amide bonds. The van der Waals surface area contributed by atoms with E-state index in [2.05, 4.69) is 21.2 Å². The maximum Gasteiger partial charge on any atom is 0.0290 e. The number of nitrogens with zero attached hydrogens (tertiary/aromatic N) is 1. The third-order valence-corrected chi connectivity index (χ3v) is 2.42. The first-order chi connectivity index (χ1) is 3.43. The van der Waals surface area contributed by atoms with Crippen LogP contribution in [-0.2, 0) is 0 Å². The van der Waals surface area contributed by atoms with Crippen LogP contribution in [0.3, 0.4) is 0 Å². The SMILES string of the molecule is ISn1cccc1. The highest BCUT2D eigenvalue weighted by atomic mass is 127. The van der Waals surface area contributed by atoms with Crippen molar-refractivity contribution in [2.24, 2.45) is 0 Å². The summed E-state index contributed by atoms with van der Waals surface area (Å²) in [6, 6.07) is 4.01. The molecule has 0 radical (unpaired) electrons. The van der Waals surface area contributed by atoms with Gasteiger partial charge in [-0.1, -0.05) is 0 Å². The molecule has 0 unspecified atom stereocenters. The first-order valence-corrected chi connectivity index (χ1v) is 5.17. The van der Waals surface area contributed by atoms with Crippen molar-refractivity contribution in [1.29, 1.82) is 0 Å². The predicted molar refractivity (Wildman–Crippen MR) is 41.4 cm³/mol. The van der Waals surface area contributed by atoms with Crippen LogP contribution in [0.1, 0.15) is 0 Å². The average Bonchev–Trinajstić information content (AvgIpc) is 2.14. The van der Waals surface area contributed by atoms with Crippen LogP contribution in [0, 0.1) is 0 Å². The lowest BCUT2D eigenvalue weighted by Gasteiger charge is -1.85. The van der Waals surface area contributed by atoms with Crippen molar-refractivity contribution < 1.29 is 0 Å². The van der Waals surface area contributed by atoms with Gasteiger partial charge in [-0.3, -0.25) is 3.97 Å². The summed E-state index contributed by atoms with van der Waals surface area (Å²) in [5, 5.41) is 0. The molecule has 7 heavy (non-hydrogen) atoms. The summed E-state index contributed by atoms with van der Waals surface area (Å²) < 4.78 is 2.03. The number of hydrogen-bond acceptors (Lipinski definition) is 1. The maximum absolute atomic E-state index is 2.23. The van der Waals surface area contributed by atoms with Crippen molar-refractivity contribution in [1.82, 2.24) is 3.97 Å². The third kappa shape index (κ3) is 1.38. The van der Waals surface area contributed by atoms with Crippen LogP contribution in [0.25, 0.3) is 0 Å². The van der Waals surface area contributed by atoms with Gasteiger partial charge in [0.25, 0.3) is 0 Å². The molecule has 1 aromatic heterocycles. The topological polar surface area (TPSA) is 4.93 Å². The summed E-state index contributed by atoms with van der Waals surface area (Å²) in [6.07, 6.45) is 4.02. The van der Waals surface area contributed by atoms with Gasteiger partial charge in [-0.2, -0.15) is 0 Å². The van der Waals surface area contributed by atoms with Gasteiger partial charge in [0.1, 0.15) is 0 Å². The summed E-state index contributed by atoms with van der Waals surface area (Å²) in [6.45, 7) is 0. The van der Waals surface area contributed by atoms with Crippen LogP contribution in [0.4, 0.5) is 0 Å². The largest absolute Gasteiger partial charge is 0.290 e. The van der Waals surface area contributed by atoms with Gasteiger partial charge in [0.15, 0.2) is 0 Å². The van der Waals surface area contributed by atoms with Gasteiger partial charge >= 0.3 is 0 Å². The van der Waals surface area contributed by atoms with Crippen LogP contribution in [-0.4, -0.2) is 3.97 Å². The van der Waals surface area contributed by atoms with Crippen LogP contribution >= 0.6 is 30.3 Å². The van der Waals surface area contributed by atoms with E-state index in [-0.39, 0.29) is 0 Å². The summed E-state index contributed by atoms with van der Waals surface area (Å²) in [7, 11) is 1.66. The van der Waals surface area contributed by atoms with Gasteiger partial charge in [-0.15, -0.1) is 0 Å². The molecule has 0 aliphatic carbocycles. The van der Waals surface area contributed by atoms with Crippen molar-refractivity contribution >= 4 is 30.3 Å². The molecule has 0 atom stereocenters. The fourth-order valence-electron chi connectivity index (χ4n) is 0.365. The maximum atomic E-state index is 2.23. The highest BCUT2D eigenvalue weighted by molar-refractivity contribution is 14.2. The zero-order valence-electron chi connectivity index (χ0n) is 3.54. The van der Waals surface area contributed by atoms with Gasteiger partial charge in [0.2, 0.25) is 0 Å². The van der Waals surface area contributed by atoms with Gasteiger partial charge in [0, 0.05) is 42.7 Å². The Morgan fingerprint density at radius 3 is 2.14 bits per heavy atom. The lowest BCUT2D eigenvalue weighted by atomic mass is 10.7. The predicted octanol–water partition coefficient (Wildman–Crippen LogP) is 2.33. The Labute approximate surface area is 58.8 Å². The molecule has 0 fully saturated rings. The Balaban J connectivity index is 2.76. The molecule has 1 aromatic rings. The molecule has 0 saturated heterocycles. The zero-order valence-corrected chi connectivity index (χ0v) is 6.52. The molecule has 0 aliphatic heterocycles. The fourth-order valence-corrected chi connectivity index (χ4v) is 1.39. The lowest BCUT2D eigenvalue weighted by molar-refractivity contribution is 1.31. The van der Waals surface area contributed by atoms with Crippen molar-refractivity contribution in [3.63, 3.8) is 0 Å². The second-order valence-electron chi connectivity index (χ2n) is 1.11. The summed E-state index contributed by atoms with van der Waals surface area (Å²) >= 11 is 2.23. The van der Waals surface area contributed by atoms with Crippen LogP contribution in [0.2, 0.25) is 0 Å². The van der Waals surface area contributed by atoms with Crippen LogP contribution < -0.4 is 0 Å². The normalized spacial score (nSPS) is 9.29. The minimum Gasteiger partial charge on any atom is -0.290 e. The number of hydrogen-bond donors (Lipinski definition) is 0. The molecule has 0 aromatic carbocycles. The van der Waals surface area contributed by atoms with E-state index in [1.165, 1.54) is 0 Å². The van der Waals surface area contributed by atoms with E-state index in [9.17, 15) is 0 Å². The number of rotatable bonds is 1. The highest BCUT2D eigenvalue weighted by Gasteiger charge is 1.78. The second-order valence-corrected chi connectivity index (χ2v) is 2.85. The number of halogens is 1. The molecule has 0 bridgehead atoms. The van der Waals surface area contributed by atoms with Gasteiger partial charge < -0.3 is 0 Å². The van der Waals surface area contributed by atoms with Crippen LogP contribution in [0.15, 0.2) is 24.5 Å². The van der Waals surface area contributed by atoms with E-state index in [1.807, 2.05) is 28.5 Å². The Morgan fingerprint density at radius 1 is 1.29 bits per heavy atom. The zero-order chi connectivity index (χ0) is 5.11. The molecule has 1 rings (SSSR count). The van der Waals surface area contributed by atoms with E-state index in [0.29, 0.717) is 0 Å². The van der Waals surface area contributed by atoms with Crippen molar-refractivity contribution in [2.45, 2.75) is 0 Å². The summed E-state index contributed by atoms with van der Waals surface area (Å²) in [4.78, 5) is 0. The molecule has 0 saturated carbocycles. The molecule has 0 N–H and O–H groups in total. The van der Waals surface area contributed by atoms with E-state index in [4.69, 9.17) is 0 Å². The Hall–Kier alpha value is 0.360. The fraction of sp³-hybridized carbons (Fsp3) is 0. The Kier molecular flexibility index (Phi) is 2.05. The highest BCUT2D eigenvalue weighted by Crippen LogP contribution is 2.13. The molecule has 1 heterocycles. The van der Waals surface area contributed by atoms with Gasteiger partial charge in [-0.25, -0.2) is 0 Å². The number of aromatic nitrogens is 1. The van der Waals surface area contributed by atoms with Gasteiger partial charge in [0.05, 0.1) is 0 Å². The first-order valence-electron chi connectivity index (χ1n) is 1.85. The molecule has 1 nitrogen and oxygen atoms in total. The van der Waals surface area contributed by atoms with Crippen molar-refractivity contribution in [3.8, 4) is 0 Å². The second kappa shape index (κ2) is 2.61. The molecule has 0 spiro atoms. The molecule has 0 aliphatic rings. The van der Waals surface area contributed by atoms with E-state index >= 15 is 0 Å². The molecule has 38 valence electrons. The first kappa shape index (κ1) is 5.50. The minimum absolute atomic E-state index is 1.66. The molecule has 3 heteroatoms. The third-order valence-electron chi connectivity index (χ3n) is 0.657. The Bertz CT molecular complexity index is 126. The van der Waals surface area contributed by atoms with Crippen molar-refractivity contribution in [3.05, 3.63) is 24.5 Å². The molecular formula is C4H4INS. The van der Waals surface area contributed by atoms with E-state index in [1.54, 1.807) is 9.12 Å².